The van der Waals surface area contributed by atoms with Crippen LogP contribution in [0.1, 0.15) is 28.8 Å². The van der Waals surface area contributed by atoms with E-state index in [1.54, 1.807) is 12.3 Å². The van der Waals surface area contributed by atoms with E-state index in [9.17, 15) is 14.7 Å². The molecule has 1 N–H and O–H groups in total. The first kappa shape index (κ1) is 14.0. The number of aliphatic carboxylic acids is 1. The molecule has 0 radical (unpaired) electrons. The Labute approximate surface area is 126 Å². The van der Waals surface area contributed by atoms with E-state index in [0.29, 0.717) is 17.3 Å². The van der Waals surface area contributed by atoms with Gasteiger partial charge in [0.15, 0.2) is 0 Å². The lowest BCUT2D eigenvalue weighted by Gasteiger charge is -2.37. The molecular weight excluding hydrogens is 290 g/mol. The molecule has 1 heterocycles. The van der Waals surface area contributed by atoms with E-state index >= 15 is 0 Å². The molecule has 1 fully saturated rings. The Morgan fingerprint density at radius 2 is 2.29 bits per heavy atom. The molecule has 3 aliphatic carbocycles. The zero-order valence-electron chi connectivity index (χ0n) is 11.5. The average molecular weight is 305 g/mol. The van der Waals surface area contributed by atoms with Crippen LogP contribution in [0.15, 0.2) is 23.6 Å². The number of aromatic nitrogens is 1. The van der Waals surface area contributed by atoms with Gasteiger partial charge in [0.25, 0.3) is 0 Å². The van der Waals surface area contributed by atoms with Gasteiger partial charge in [-0.3, -0.25) is 4.79 Å². The fourth-order valence-electron chi connectivity index (χ4n) is 2.84. The molecule has 2 bridgehead atoms. The molecule has 0 saturated heterocycles. The van der Waals surface area contributed by atoms with Crippen molar-refractivity contribution in [2.45, 2.75) is 13.3 Å². The summed E-state index contributed by atoms with van der Waals surface area (Å²) in [6.45, 7) is 2.07. The first-order valence-electron chi connectivity index (χ1n) is 6.86. The highest BCUT2D eigenvalue weighted by molar-refractivity contribution is 7.11. The molecule has 110 valence electrons. The van der Waals surface area contributed by atoms with Gasteiger partial charge in [-0.2, -0.15) is 0 Å². The number of carbonyl (C=O) groups is 2. The highest BCUT2D eigenvalue weighted by Crippen LogP contribution is 2.46. The van der Waals surface area contributed by atoms with Gasteiger partial charge in [0.2, 0.25) is 5.01 Å². The third kappa shape index (κ3) is 2.51. The predicted octanol–water partition coefficient (Wildman–Crippen LogP) is 2.61. The minimum absolute atomic E-state index is 0.0465. The van der Waals surface area contributed by atoms with Crippen molar-refractivity contribution in [3.8, 4) is 0 Å². The van der Waals surface area contributed by atoms with E-state index < -0.39 is 11.9 Å². The molecule has 1 aromatic heterocycles. The summed E-state index contributed by atoms with van der Waals surface area (Å²) in [5, 5.41) is 11.4. The molecule has 4 rings (SSSR count). The zero-order valence-corrected chi connectivity index (χ0v) is 12.3. The monoisotopic (exact) mass is 305 g/mol. The second-order valence-electron chi connectivity index (χ2n) is 5.17. The number of fused-ring (bicyclic) bond motifs is 1. The molecular formula is C15H15NO4S. The maximum atomic E-state index is 11.6. The number of carboxylic acids is 1. The van der Waals surface area contributed by atoms with E-state index in [1.807, 2.05) is 18.2 Å². The normalized spacial score (nSPS) is 26.5. The van der Waals surface area contributed by atoms with Gasteiger partial charge in [-0.15, -0.1) is 11.3 Å². The molecule has 0 aliphatic heterocycles. The van der Waals surface area contributed by atoms with E-state index in [0.717, 1.165) is 12.0 Å². The van der Waals surface area contributed by atoms with Crippen LogP contribution in [0.25, 0.3) is 5.57 Å². The Balaban J connectivity index is 1.83. The Morgan fingerprint density at radius 3 is 3.00 bits per heavy atom. The Bertz CT molecular complexity index is 646. The minimum Gasteiger partial charge on any atom is -0.481 e. The number of ether oxygens (including phenoxy) is 1. The number of esters is 1. The van der Waals surface area contributed by atoms with Gasteiger partial charge in [-0.25, -0.2) is 9.78 Å². The van der Waals surface area contributed by atoms with E-state index in [1.165, 1.54) is 11.3 Å². The summed E-state index contributed by atoms with van der Waals surface area (Å²) in [6, 6.07) is 0. The van der Waals surface area contributed by atoms with Gasteiger partial charge in [0.05, 0.1) is 18.2 Å². The average Bonchev–Trinajstić information content (AvgIpc) is 2.69. The van der Waals surface area contributed by atoms with Gasteiger partial charge < -0.3 is 9.84 Å². The van der Waals surface area contributed by atoms with Crippen LogP contribution in [0.4, 0.5) is 0 Å². The smallest absolute Gasteiger partial charge is 0.367 e. The molecule has 21 heavy (non-hydrogen) atoms. The minimum atomic E-state index is -0.746. The number of thiazole rings is 1. The highest BCUT2D eigenvalue weighted by Gasteiger charge is 2.44. The first-order valence-corrected chi connectivity index (χ1v) is 7.74. The SMILES string of the molecule is CCOC(=O)c1nc(C2=C[C@H]3CC(C=C2)C3C(=O)O)cs1. The Morgan fingerprint density at radius 1 is 1.48 bits per heavy atom. The summed E-state index contributed by atoms with van der Waals surface area (Å²) in [5.41, 5.74) is 1.59. The van der Waals surface area contributed by atoms with E-state index in [2.05, 4.69) is 4.98 Å². The van der Waals surface area contributed by atoms with Crippen LogP contribution >= 0.6 is 11.3 Å². The number of nitrogens with zero attached hydrogens (tertiary/aromatic N) is 1. The van der Waals surface area contributed by atoms with Crippen LogP contribution in [-0.4, -0.2) is 28.6 Å². The fourth-order valence-corrected chi connectivity index (χ4v) is 3.56. The molecule has 1 aromatic rings. The van der Waals surface area contributed by atoms with Gasteiger partial charge in [-0.1, -0.05) is 18.2 Å². The largest absolute Gasteiger partial charge is 0.481 e. The first-order chi connectivity index (χ1) is 10.1. The van der Waals surface area contributed by atoms with Crippen molar-refractivity contribution in [1.82, 2.24) is 4.98 Å². The van der Waals surface area contributed by atoms with Gasteiger partial charge in [-0.05, 0) is 30.8 Å². The number of hydrogen-bond acceptors (Lipinski definition) is 5. The molecule has 3 atom stereocenters. The molecule has 0 aromatic carbocycles. The number of hydrogen-bond donors (Lipinski definition) is 1. The molecule has 3 aliphatic rings. The summed E-state index contributed by atoms with van der Waals surface area (Å²) in [7, 11) is 0. The number of rotatable bonds is 4. The molecule has 1 saturated carbocycles. The summed E-state index contributed by atoms with van der Waals surface area (Å²) in [6.07, 6.45) is 6.68. The lowest BCUT2D eigenvalue weighted by atomic mass is 9.65. The standard InChI is InChI=1S/C15H15NO4S/c1-2-20-15(19)13-16-11(7-21-13)8-3-4-9-6-10(5-8)12(9)14(17)18/h3-5,7,9-10,12H,2,6H2,1H3,(H,17,18)/t9?,10-,12?/m0/s1. The maximum Gasteiger partial charge on any atom is 0.367 e. The van der Waals surface area contributed by atoms with Crippen LogP contribution in [0.2, 0.25) is 0 Å². The van der Waals surface area contributed by atoms with Gasteiger partial charge in [0, 0.05) is 5.38 Å². The van der Waals surface area contributed by atoms with Gasteiger partial charge >= 0.3 is 11.9 Å². The van der Waals surface area contributed by atoms with Crippen LogP contribution < -0.4 is 0 Å². The third-order valence-electron chi connectivity index (χ3n) is 3.92. The van der Waals surface area contributed by atoms with Crippen molar-refractivity contribution in [3.63, 3.8) is 0 Å². The fraction of sp³-hybridized carbons (Fsp3) is 0.400. The number of carbonyl (C=O) groups excluding carboxylic acids is 1. The molecule has 2 unspecified atom stereocenters. The second-order valence-corrected chi connectivity index (χ2v) is 6.03. The maximum absolute atomic E-state index is 11.6. The third-order valence-corrected chi connectivity index (χ3v) is 4.74. The lowest BCUT2D eigenvalue weighted by molar-refractivity contribution is -0.149. The molecule has 6 heteroatoms. The summed E-state index contributed by atoms with van der Waals surface area (Å²) < 4.78 is 4.92. The number of carboxylic acid groups (broad SMARTS) is 1. The summed E-state index contributed by atoms with van der Waals surface area (Å²) in [5.74, 6) is -1.35. The Hall–Kier alpha value is -1.95. The van der Waals surface area contributed by atoms with Crippen molar-refractivity contribution in [1.29, 1.82) is 0 Å². The second kappa shape index (κ2) is 5.44. The van der Waals surface area contributed by atoms with Gasteiger partial charge in [0.1, 0.15) is 0 Å². The van der Waals surface area contributed by atoms with Crippen molar-refractivity contribution in [3.05, 3.63) is 34.3 Å². The van der Waals surface area contributed by atoms with Crippen molar-refractivity contribution >= 4 is 28.8 Å². The lowest BCUT2D eigenvalue weighted by Crippen LogP contribution is -2.39. The number of allylic oxidation sites excluding steroid dienone is 4. The highest BCUT2D eigenvalue weighted by atomic mass is 32.1. The Kier molecular flexibility index (Phi) is 3.63. The van der Waals surface area contributed by atoms with E-state index in [-0.39, 0.29) is 17.8 Å². The van der Waals surface area contributed by atoms with Crippen LogP contribution in [0, 0.1) is 17.8 Å². The topological polar surface area (TPSA) is 76.5 Å². The molecule has 0 amide bonds. The van der Waals surface area contributed by atoms with Crippen molar-refractivity contribution < 1.29 is 19.4 Å². The molecule has 0 spiro atoms. The quantitative estimate of drug-likeness (QED) is 0.865. The van der Waals surface area contributed by atoms with E-state index in [4.69, 9.17) is 4.74 Å². The van der Waals surface area contributed by atoms with Crippen LogP contribution in [-0.2, 0) is 9.53 Å². The van der Waals surface area contributed by atoms with Crippen molar-refractivity contribution in [2.24, 2.45) is 17.8 Å². The predicted molar refractivity (Wildman–Crippen MR) is 77.9 cm³/mol. The van der Waals surface area contributed by atoms with Crippen LogP contribution in [0.3, 0.4) is 0 Å². The summed E-state index contributed by atoms with van der Waals surface area (Å²) in [4.78, 5) is 27.1. The zero-order chi connectivity index (χ0) is 15.0. The van der Waals surface area contributed by atoms with Crippen molar-refractivity contribution in [2.75, 3.05) is 6.61 Å². The summed E-state index contributed by atoms with van der Waals surface area (Å²) >= 11 is 1.24. The van der Waals surface area contributed by atoms with Crippen LogP contribution in [0.5, 0.6) is 0 Å². The molecule has 5 nitrogen and oxygen atoms in total.